The molecule has 0 radical (unpaired) electrons. The van der Waals surface area contributed by atoms with E-state index in [4.69, 9.17) is 4.74 Å². The summed E-state index contributed by atoms with van der Waals surface area (Å²) in [6, 6.07) is 0. The lowest BCUT2D eigenvalue weighted by Gasteiger charge is -2.31. The van der Waals surface area contributed by atoms with Crippen LogP contribution in [0.1, 0.15) is 6.92 Å². The number of fused-ring (bicyclic) bond motifs is 2. The third-order valence-corrected chi connectivity index (χ3v) is 2.95. The van der Waals surface area contributed by atoms with Gasteiger partial charge in [0.2, 0.25) is 0 Å². The van der Waals surface area contributed by atoms with Crippen LogP contribution in [-0.2, 0) is 4.74 Å². The molecule has 3 heteroatoms. The highest BCUT2D eigenvalue weighted by molar-refractivity contribution is 6.02. The van der Waals surface area contributed by atoms with E-state index < -0.39 is 0 Å². The Hall–Kier alpha value is -0.830. The van der Waals surface area contributed by atoms with Crippen molar-refractivity contribution < 1.29 is 4.74 Å². The van der Waals surface area contributed by atoms with Gasteiger partial charge in [0, 0.05) is 14.2 Å². The summed E-state index contributed by atoms with van der Waals surface area (Å²) < 4.78 is 5.17. The molecule has 2 bridgehead atoms. The molecule has 0 saturated carbocycles. The molecule has 66 valence electrons. The molecule has 2 atom stereocenters. The Morgan fingerprint density at radius 3 is 2.92 bits per heavy atom. The third kappa shape index (κ3) is 0.771. The molecule has 0 aromatic heterocycles. The van der Waals surface area contributed by atoms with Crippen LogP contribution in [0.15, 0.2) is 17.3 Å². The molecule has 0 spiro atoms. The molecule has 12 heavy (non-hydrogen) atoms. The van der Waals surface area contributed by atoms with Crippen LogP contribution >= 0.6 is 0 Å². The standard InChI is InChI=1S/C9H14N2O/c1-9-5-4-8(10-11(9)2)7(9)6-12-3/h4-5,7H,6H2,1-3H3/t7-,9?/m0/s1. The van der Waals surface area contributed by atoms with E-state index in [2.05, 4.69) is 24.2 Å². The zero-order valence-electron chi connectivity index (χ0n) is 7.74. The highest BCUT2D eigenvalue weighted by atomic mass is 16.5. The summed E-state index contributed by atoms with van der Waals surface area (Å²) in [7, 11) is 3.75. The molecular formula is C9H14N2O. The number of likely N-dealkylation sites (N-methyl/N-ethyl adjacent to an activating group) is 1. The monoisotopic (exact) mass is 166 g/mol. The van der Waals surface area contributed by atoms with E-state index >= 15 is 0 Å². The van der Waals surface area contributed by atoms with Gasteiger partial charge in [0.05, 0.1) is 23.8 Å². The summed E-state index contributed by atoms with van der Waals surface area (Å²) in [5, 5.41) is 6.43. The van der Waals surface area contributed by atoms with Crippen molar-refractivity contribution in [1.29, 1.82) is 0 Å². The van der Waals surface area contributed by atoms with Crippen molar-refractivity contribution in [3.63, 3.8) is 0 Å². The Balaban J connectivity index is 2.26. The number of rotatable bonds is 2. The van der Waals surface area contributed by atoms with E-state index in [1.807, 2.05) is 12.1 Å². The summed E-state index contributed by atoms with van der Waals surface area (Å²) in [5.74, 6) is 0.424. The first-order valence-corrected chi connectivity index (χ1v) is 4.19. The van der Waals surface area contributed by atoms with Crippen LogP contribution in [-0.4, -0.2) is 37.0 Å². The van der Waals surface area contributed by atoms with Gasteiger partial charge in [-0.05, 0) is 13.0 Å². The number of allylic oxidation sites excluding steroid dienone is 1. The van der Waals surface area contributed by atoms with Crippen LogP contribution in [0.25, 0.3) is 0 Å². The average Bonchev–Trinajstić information content (AvgIpc) is 2.43. The molecule has 1 aliphatic heterocycles. The number of methoxy groups -OCH3 is 1. The molecule has 0 aromatic carbocycles. The van der Waals surface area contributed by atoms with E-state index in [9.17, 15) is 0 Å². The Morgan fingerprint density at radius 1 is 1.75 bits per heavy atom. The summed E-state index contributed by atoms with van der Waals surface area (Å²) >= 11 is 0. The second-order valence-corrected chi connectivity index (χ2v) is 3.62. The molecule has 0 N–H and O–H groups in total. The van der Waals surface area contributed by atoms with Crippen LogP contribution in [0, 0.1) is 5.92 Å². The van der Waals surface area contributed by atoms with E-state index in [1.54, 1.807) is 7.11 Å². The van der Waals surface area contributed by atoms with E-state index in [0.29, 0.717) is 5.92 Å². The first kappa shape index (κ1) is 7.80. The van der Waals surface area contributed by atoms with Gasteiger partial charge in [0.15, 0.2) is 0 Å². The predicted octanol–water partition coefficient (Wildman–Crippen LogP) is 0.879. The largest absolute Gasteiger partial charge is 0.384 e. The minimum absolute atomic E-state index is 0.0609. The van der Waals surface area contributed by atoms with E-state index in [1.165, 1.54) is 0 Å². The van der Waals surface area contributed by atoms with Crippen molar-refractivity contribution in [1.82, 2.24) is 5.01 Å². The summed E-state index contributed by atoms with van der Waals surface area (Å²) in [4.78, 5) is 0. The first-order valence-electron chi connectivity index (χ1n) is 4.19. The van der Waals surface area contributed by atoms with Crippen molar-refractivity contribution in [3.8, 4) is 0 Å². The van der Waals surface area contributed by atoms with Crippen LogP contribution in [0.5, 0.6) is 0 Å². The minimum Gasteiger partial charge on any atom is -0.384 e. The van der Waals surface area contributed by atoms with Crippen molar-refractivity contribution in [2.24, 2.45) is 11.0 Å². The van der Waals surface area contributed by atoms with Crippen molar-refractivity contribution in [2.45, 2.75) is 12.5 Å². The second kappa shape index (κ2) is 2.33. The molecular weight excluding hydrogens is 152 g/mol. The number of nitrogens with zero attached hydrogens (tertiary/aromatic N) is 2. The van der Waals surface area contributed by atoms with Crippen LogP contribution < -0.4 is 0 Å². The molecule has 0 amide bonds. The van der Waals surface area contributed by atoms with Gasteiger partial charge in [0.1, 0.15) is 0 Å². The minimum atomic E-state index is 0.0609. The molecule has 2 rings (SSSR count). The molecule has 0 saturated heterocycles. The Morgan fingerprint density at radius 2 is 2.50 bits per heavy atom. The lowest BCUT2D eigenvalue weighted by atomic mass is 9.90. The Bertz CT molecular complexity index is 259. The van der Waals surface area contributed by atoms with Crippen LogP contribution in [0.4, 0.5) is 0 Å². The Kier molecular flexibility index (Phi) is 1.51. The van der Waals surface area contributed by atoms with Crippen molar-refractivity contribution >= 4 is 5.71 Å². The molecule has 2 aliphatic rings. The topological polar surface area (TPSA) is 24.8 Å². The smallest absolute Gasteiger partial charge is 0.0837 e. The molecule has 1 unspecified atom stereocenters. The van der Waals surface area contributed by atoms with Gasteiger partial charge in [-0.1, -0.05) is 6.08 Å². The van der Waals surface area contributed by atoms with Gasteiger partial charge in [-0.3, -0.25) is 5.01 Å². The summed E-state index contributed by atoms with van der Waals surface area (Å²) in [5.41, 5.74) is 1.22. The van der Waals surface area contributed by atoms with Gasteiger partial charge in [-0.15, -0.1) is 0 Å². The van der Waals surface area contributed by atoms with Crippen molar-refractivity contribution in [2.75, 3.05) is 20.8 Å². The van der Waals surface area contributed by atoms with Gasteiger partial charge in [-0.2, -0.15) is 5.10 Å². The fourth-order valence-corrected chi connectivity index (χ4v) is 1.92. The predicted molar refractivity (Wildman–Crippen MR) is 48.1 cm³/mol. The number of hydrogen-bond donors (Lipinski definition) is 0. The molecule has 1 aliphatic carbocycles. The maximum Gasteiger partial charge on any atom is 0.0837 e. The maximum absolute atomic E-state index is 5.17. The first-order chi connectivity index (χ1) is 5.68. The molecule has 3 nitrogen and oxygen atoms in total. The van der Waals surface area contributed by atoms with Gasteiger partial charge >= 0.3 is 0 Å². The van der Waals surface area contributed by atoms with Gasteiger partial charge < -0.3 is 4.74 Å². The van der Waals surface area contributed by atoms with Crippen LogP contribution in [0.3, 0.4) is 0 Å². The van der Waals surface area contributed by atoms with E-state index in [0.717, 1.165) is 12.3 Å². The highest BCUT2D eigenvalue weighted by Crippen LogP contribution is 2.38. The summed E-state index contributed by atoms with van der Waals surface area (Å²) in [6.45, 7) is 2.95. The van der Waals surface area contributed by atoms with Crippen molar-refractivity contribution in [3.05, 3.63) is 12.2 Å². The third-order valence-electron chi connectivity index (χ3n) is 2.95. The number of ether oxygens (including phenoxy) is 1. The molecule has 0 aromatic rings. The zero-order chi connectivity index (χ0) is 8.77. The second-order valence-electron chi connectivity index (χ2n) is 3.62. The average molecular weight is 166 g/mol. The fraction of sp³-hybridized carbons (Fsp3) is 0.667. The number of hydrogen-bond acceptors (Lipinski definition) is 3. The van der Waals surface area contributed by atoms with E-state index in [-0.39, 0.29) is 5.54 Å². The zero-order valence-corrected chi connectivity index (χ0v) is 7.74. The Labute approximate surface area is 72.7 Å². The number of hydrazone groups is 1. The quantitative estimate of drug-likeness (QED) is 0.608. The molecule has 1 heterocycles. The normalized spacial score (nSPS) is 37.8. The lowest BCUT2D eigenvalue weighted by Crippen LogP contribution is -2.41. The maximum atomic E-state index is 5.17. The van der Waals surface area contributed by atoms with Crippen LogP contribution in [0.2, 0.25) is 0 Å². The fourth-order valence-electron chi connectivity index (χ4n) is 1.92. The van der Waals surface area contributed by atoms with Gasteiger partial charge in [0.25, 0.3) is 0 Å². The highest BCUT2D eigenvalue weighted by Gasteiger charge is 2.47. The van der Waals surface area contributed by atoms with Gasteiger partial charge in [-0.25, -0.2) is 0 Å². The lowest BCUT2D eigenvalue weighted by molar-refractivity contribution is 0.110. The SMILES string of the molecule is COC[C@H]1C2=NN(C)C1(C)C=C2. The molecule has 0 fully saturated rings. The summed E-state index contributed by atoms with van der Waals surface area (Å²) in [6.07, 6.45) is 4.31.